The molecule has 1 rings (SSSR count). The second-order valence-electron chi connectivity index (χ2n) is 5.33. The van der Waals surface area contributed by atoms with Crippen LogP contribution in [-0.4, -0.2) is 36.4 Å². The second kappa shape index (κ2) is 5.53. The minimum atomic E-state index is -0.415. The molecule has 1 aliphatic rings. The largest absolute Gasteiger partial charge is 0.444 e. The number of carbonyl (C=O) groups excluding carboxylic acids is 1. The third-order valence-electron chi connectivity index (χ3n) is 2.71. The molecule has 0 aromatic rings. The highest BCUT2D eigenvalue weighted by molar-refractivity contribution is 5.68. The Morgan fingerprint density at radius 1 is 1.31 bits per heavy atom. The van der Waals surface area contributed by atoms with Gasteiger partial charge in [-0.1, -0.05) is 6.42 Å². The maximum Gasteiger partial charge on any atom is 0.411 e. The molecular weight excluding hydrogens is 204 g/mol. The van der Waals surface area contributed by atoms with E-state index in [9.17, 15) is 4.79 Å². The second-order valence-corrected chi connectivity index (χ2v) is 5.33. The van der Waals surface area contributed by atoms with Crippen molar-refractivity contribution in [1.82, 2.24) is 10.2 Å². The van der Waals surface area contributed by atoms with Crippen LogP contribution in [0.1, 0.15) is 46.5 Å². The van der Waals surface area contributed by atoms with Gasteiger partial charge in [0.05, 0.1) is 6.17 Å². The molecule has 0 spiro atoms. The Kier molecular flexibility index (Phi) is 4.59. The number of hydrogen-bond donors (Lipinski definition) is 1. The lowest BCUT2D eigenvalue weighted by Crippen LogP contribution is -2.48. The summed E-state index contributed by atoms with van der Waals surface area (Å²) in [5, 5.41) is 3.19. The van der Waals surface area contributed by atoms with E-state index < -0.39 is 5.60 Å². The molecule has 1 saturated heterocycles. The van der Waals surface area contributed by atoms with E-state index in [-0.39, 0.29) is 12.3 Å². The molecule has 4 heteroatoms. The van der Waals surface area contributed by atoms with Gasteiger partial charge < -0.3 is 10.1 Å². The van der Waals surface area contributed by atoms with E-state index in [0.29, 0.717) is 0 Å². The van der Waals surface area contributed by atoms with Crippen LogP contribution in [0.5, 0.6) is 0 Å². The zero-order chi connectivity index (χ0) is 12.2. The van der Waals surface area contributed by atoms with Gasteiger partial charge in [-0.25, -0.2) is 4.79 Å². The molecule has 94 valence electrons. The lowest BCUT2D eigenvalue weighted by molar-refractivity contribution is 0.0139. The fourth-order valence-electron chi connectivity index (χ4n) is 1.95. The molecular formula is C12H24N2O2. The van der Waals surface area contributed by atoms with Gasteiger partial charge in [0.25, 0.3) is 0 Å². The molecule has 0 saturated carbocycles. The summed E-state index contributed by atoms with van der Waals surface area (Å²) in [5.41, 5.74) is -0.415. The summed E-state index contributed by atoms with van der Waals surface area (Å²) in [5.74, 6) is 0. The SMILES string of the molecule is CN[C@H]1CCCCCN1C(=O)OC(C)(C)C. The first-order chi connectivity index (χ1) is 7.44. The Morgan fingerprint density at radius 3 is 2.56 bits per heavy atom. The number of carbonyl (C=O) groups is 1. The molecule has 1 N–H and O–H groups in total. The summed E-state index contributed by atoms with van der Waals surface area (Å²) in [6, 6.07) is 0. The van der Waals surface area contributed by atoms with Crippen LogP contribution in [-0.2, 0) is 4.74 Å². The monoisotopic (exact) mass is 228 g/mol. The van der Waals surface area contributed by atoms with E-state index in [0.717, 1.165) is 19.4 Å². The van der Waals surface area contributed by atoms with Crippen molar-refractivity contribution in [2.24, 2.45) is 0 Å². The molecule has 1 amide bonds. The summed E-state index contributed by atoms with van der Waals surface area (Å²) in [6.45, 7) is 6.49. The average molecular weight is 228 g/mol. The van der Waals surface area contributed by atoms with Crippen LogP contribution in [0, 0.1) is 0 Å². The van der Waals surface area contributed by atoms with Gasteiger partial charge in [-0.15, -0.1) is 0 Å². The number of rotatable bonds is 1. The number of nitrogens with one attached hydrogen (secondary N) is 1. The zero-order valence-corrected chi connectivity index (χ0v) is 10.9. The van der Waals surface area contributed by atoms with E-state index >= 15 is 0 Å². The lowest BCUT2D eigenvalue weighted by Gasteiger charge is -2.31. The highest BCUT2D eigenvalue weighted by atomic mass is 16.6. The van der Waals surface area contributed by atoms with Crippen molar-refractivity contribution in [2.75, 3.05) is 13.6 Å². The van der Waals surface area contributed by atoms with E-state index in [2.05, 4.69) is 5.32 Å². The molecule has 16 heavy (non-hydrogen) atoms. The van der Waals surface area contributed by atoms with Crippen LogP contribution >= 0.6 is 0 Å². The molecule has 0 unspecified atom stereocenters. The molecule has 0 bridgehead atoms. The molecule has 1 atom stereocenters. The first kappa shape index (κ1) is 13.3. The van der Waals surface area contributed by atoms with Gasteiger partial charge in [0.1, 0.15) is 5.60 Å². The Bertz CT molecular complexity index is 236. The van der Waals surface area contributed by atoms with Gasteiger partial charge in [0.2, 0.25) is 0 Å². The number of nitrogens with zero attached hydrogens (tertiary/aromatic N) is 1. The van der Waals surface area contributed by atoms with Gasteiger partial charge in [0.15, 0.2) is 0 Å². The number of ether oxygens (including phenoxy) is 1. The highest BCUT2D eigenvalue weighted by Crippen LogP contribution is 2.18. The number of likely N-dealkylation sites (tertiary alicyclic amines) is 1. The van der Waals surface area contributed by atoms with E-state index in [4.69, 9.17) is 4.74 Å². The van der Waals surface area contributed by atoms with Crippen LogP contribution in [0.3, 0.4) is 0 Å². The summed E-state index contributed by atoms with van der Waals surface area (Å²) in [6.07, 6.45) is 4.36. The maximum absolute atomic E-state index is 12.0. The molecule has 1 heterocycles. The molecule has 0 aromatic carbocycles. The van der Waals surface area contributed by atoms with Crippen molar-refractivity contribution >= 4 is 6.09 Å². The average Bonchev–Trinajstić information content (AvgIpc) is 2.39. The zero-order valence-electron chi connectivity index (χ0n) is 10.9. The van der Waals surface area contributed by atoms with Crippen LogP contribution in [0.4, 0.5) is 4.79 Å². The standard InChI is InChI=1S/C12H24N2O2/c1-12(2,3)16-11(15)14-9-7-5-6-8-10(14)13-4/h10,13H,5-9H2,1-4H3/t10-/m1/s1. The van der Waals surface area contributed by atoms with Crippen molar-refractivity contribution in [2.45, 2.75) is 58.2 Å². The molecule has 1 fully saturated rings. The lowest BCUT2D eigenvalue weighted by atomic mass is 10.2. The molecule has 4 nitrogen and oxygen atoms in total. The molecule has 1 aliphatic heterocycles. The van der Waals surface area contributed by atoms with E-state index in [1.807, 2.05) is 32.7 Å². The van der Waals surface area contributed by atoms with Crippen molar-refractivity contribution in [1.29, 1.82) is 0 Å². The Balaban J connectivity index is 2.63. The Labute approximate surface area is 98.3 Å². The summed E-state index contributed by atoms with van der Waals surface area (Å²) in [7, 11) is 1.90. The van der Waals surface area contributed by atoms with Gasteiger partial charge in [0, 0.05) is 6.54 Å². The third kappa shape index (κ3) is 4.00. The fraction of sp³-hybridized carbons (Fsp3) is 0.917. The highest BCUT2D eigenvalue weighted by Gasteiger charge is 2.28. The maximum atomic E-state index is 12.0. The van der Waals surface area contributed by atoms with Crippen LogP contribution < -0.4 is 5.32 Å². The smallest absolute Gasteiger partial charge is 0.411 e. The van der Waals surface area contributed by atoms with Crippen LogP contribution in [0.25, 0.3) is 0 Å². The van der Waals surface area contributed by atoms with Crippen molar-refractivity contribution in [3.8, 4) is 0 Å². The Morgan fingerprint density at radius 2 is 2.00 bits per heavy atom. The van der Waals surface area contributed by atoms with Crippen LogP contribution in [0.2, 0.25) is 0 Å². The minimum Gasteiger partial charge on any atom is -0.444 e. The van der Waals surface area contributed by atoms with Gasteiger partial charge in [-0.3, -0.25) is 4.90 Å². The quantitative estimate of drug-likeness (QED) is 0.749. The molecule has 0 radical (unpaired) electrons. The first-order valence-electron chi connectivity index (χ1n) is 6.11. The molecule has 0 aliphatic carbocycles. The van der Waals surface area contributed by atoms with Crippen molar-refractivity contribution in [3.63, 3.8) is 0 Å². The normalized spacial score (nSPS) is 22.8. The number of amides is 1. The summed E-state index contributed by atoms with van der Waals surface area (Å²) >= 11 is 0. The minimum absolute atomic E-state index is 0.123. The summed E-state index contributed by atoms with van der Waals surface area (Å²) < 4.78 is 5.41. The van der Waals surface area contributed by atoms with Crippen molar-refractivity contribution in [3.05, 3.63) is 0 Å². The van der Waals surface area contributed by atoms with Gasteiger partial charge >= 0.3 is 6.09 Å². The summed E-state index contributed by atoms with van der Waals surface area (Å²) in [4.78, 5) is 13.8. The predicted molar refractivity (Wildman–Crippen MR) is 64.3 cm³/mol. The number of hydrogen-bond acceptors (Lipinski definition) is 3. The predicted octanol–water partition coefficient (Wildman–Crippen LogP) is 2.34. The Hall–Kier alpha value is -0.770. The van der Waals surface area contributed by atoms with Gasteiger partial charge in [-0.2, -0.15) is 0 Å². The van der Waals surface area contributed by atoms with E-state index in [1.165, 1.54) is 12.8 Å². The van der Waals surface area contributed by atoms with Gasteiger partial charge in [-0.05, 0) is 47.1 Å². The van der Waals surface area contributed by atoms with E-state index in [1.54, 1.807) is 0 Å². The first-order valence-corrected chi connectivity index (χ1v) is 6.11. The van der Waals surface area contributed by atoms with Crippen molar-refractivity contribution < 1.29 is 9.53 Å². The van der Waals surface area contributed by atoms with Crippen LogP contribution in [0.15, 0.2) is 0 Å². The topological polar surface area (TPSA) is 41.6 Å². The fourth-order valence-corrected chi connectivity index (χ4v) is 1.95. The third-order valence-corrected chi connectivity index (χ3v) is 2.71. The molecule has 0 aromatic heterocycles.